The molecule has 1 heteroatoms. The summed E-state index contributed by atoms with van der Waals surface area (Å²) in [4.78, 5) is 0. The van der Waals surface area contributed by atoms with Gasteiger partial charge in [0.1, 0.15) is 0 Å². The van der Waals surface area contributed by atoms with Gasteiger partial charge in [-0.3, -0.25) is 0 Å². The quantitative estimate of drug-likeness (QED) is 0.853. The number of hydrogen-bond donors (Lipinski definition) is 1. The van der Waals surface area contributed by atoms with Gasteiger partial charge in [-0.2, -0.15) is 0 Å². The van der Waals surface area contributed by atoms with E-state index in [1.165, 1.54) is 36.0 Å². The fourth-order valence-electron chi connectivity index (χ4n) is 3.23. The summed E-state index contributed by atoms with van der Waals surface area (Å²) in [5, 5.41) is 0. The molecule has 0 heterocycles. The van der Waals surface area contributed by atoms with Crippen LogP contribution in [-0.2, 0) is 11.8 Å². The minimum absolute atomic E-state index is 0.113. The third kappa shape index (κ3) is 2.38. The van der Waals surface area contributed by atoms with Crippen LogP contribution in [0.2, 0.25) is 0 Å². The van der Waals surface area contributed by atoms with Gasteiger partial charge in [0.25, 0.3) is 0 Å². The first-order chi connectivity index (χ1) is 9.76. The molecule has 1 atom stereocenters. The van der Waals surface area contributed by atoms with E-state index in [0.717, 1.165) is 6.42 Å². The SMILES string of the molecule is CCCc1cccc(C(N)C2(c3ccccc3)CC2)c1. The van der Waals surface area contributed by atoms with Crippen molar-refractivity contribution in [2.75, 3.05) is 0 Å². The lowest BCUT2D eigenvalue weighted by Crippen LogP contribution is -2.26. The van der Waals surface area contributed by atoms with E-state index in [2.05, 4.69) is 61.5 Å². The third-order valence-corrected chi connectivity index (χ3v) is 4.58. The summed E-state index contributed by atoms with van der Waals surface area (Å²) < 4.78 is 0. The Morgan fingerprint density at radius 3 is 2.45 bits per heavy atom. The monoisotopic (exact) mass is 265 g/mol. The molecule has 1 unspecified atom stereocenters. The van der Waals surface area contributed by atoms with Gasteiger partial charge in [-0.1, -0.05) is 67.9 Å². The molecule has 20 heavy (non-hydrogen) atoms. The number of aryl methyl sites for hydroxylation is 1. The van der Waals surface area contributed by atoms with Crippen molar-refractivity contribution in [3.05, 3.63) is 71.3 Å². The number of nitrogens with two attached hydrogens (primary N) is 1. The average molecular weight is 265 g/mol. The van der Waals surface area contributed by atoms with Crippen LogP contribution in [0.1, 0.15) is 48.9 Å². The van der Waals surface area contributed by atoms with Crippen LogP contribution in [0.15, 0.2) is 54.6 Å². The van der Waals surface area contributed by atoms with Crippen molar-refractivity contribution in [1.29, 1.82) is 0 Å². The van der Waals surface area contributed by atoms with Gasteiger partial charge in [0.05, 0.1) is 0 Å². The van der Waals surface area contributed by atoms with Crippen LogP contribution in [0.4, 0.5) is 0 Å². The van der Waals surface area contributed by atoms with Gasteiger partial charge in [-0.05, 0) is 36.0 Å². The Labute approximate surface area is 121 Å². The Morgan fingerprint density at radius 1 is 1.05 bits per heavy atom. The van der Waals surface area contributed by atoms with Crippen molar-refractivity contribution in [2.24, 2.45) is 5.73 Å². The van der Waals surface area contributed by atoms with Crippen molar-refractivity contribution >= 4 is 0 Å². The molecule has 3 rings (SSSR count). The van der Waals surface area contributed by atoms with E-state index in [1.807, 2.05) is 0 Å². The van der Waals surface area contributed by atoms with Gasteiger partial charge in [0.2, 0.25) is 0 Å². The lowest BCUT2D eigenvalue weighted by molar-refractivity contribution is 0.541. The molecule has 2 aromatic carbocycles. The first-order valence-electron chi connectivity index (χ1n) is 7.66. The van der Waals surface area contributed by atoms with Crippen LogP contribution in [0.25, 0.3) is 0 Å². The molecule has 1 fully saturated rings. The average Bonchev–Trinajstić information content (AvgIpc) is 3.30. The smallest absolute Gasteiger partial charge is 0.0393 e. The maximum atomic E-state index is 6.63. The number of rotatable bonds is 5. The third-order valence-electron chi connectivity index (χ3n) is 4.58. The Hall–Kier alpha value is -1.60. The summed E-state index contributed by atoms with van der Waals surface area (Å²) in [6.45, 7) is 2.22. The Morgan fingerprint density at radius 2 is 1.80 bits per heavy atom. The molecular weight excluding hydrogens is 242 g/mol. The highest BCUT2D eigenvalue weighted by molar-refractivity contribution is 5.39. The van der Waals surface area contributed by atoms with Gasteiger partial charge in [-0.25, -0.2) is 0 Å². The Balaban J connectivity index is 1.89. The molecular formula is C19H23N. The fraction of sp³-hybridized carbons (Fsp3) is 0.368. The number of benzene rings is 2. The second-order valence-electron chi connectivity index (χ2n) is 5.99. The number of hydrogen-bond acceptors (Lipinski definition) is 1. The van der Waals surface area contributed by atoms with Gasteiger partial charge < -0.3 is 5.73 Å². The Kier molecular flexibility index (Phi) is 3.62. The van der Waals surface area contributed by atoms with E-state index in [-0.39, 0.29) is 11.5 Å². The van der Waals surface area contributed by atoms with E-state index in [0.29, 0.717) is 0 Å². The summed E-state index contributed by atoms with van der Waals surface area (Å²) in [5.41, 5.74) is 10.9. The maximum absolute atomic E-state index is 6.63. The molecule has 1 nitrogen and oxygen atoms in total. The molecule has 0 radical (unpaired) electrons. The minimum atomic E-state index is 0.113. The van der Waals surface area contributed by atoms with Crippen molar-refractivity contribution in [1.82, 2.24) is 0 Å². The maximum Gasteiger partial charge on any atom is 0.0393 e. The second-order valence-corrected chi connectivity index (χ2v) is 5.99. The minimum Gasteiger partial charge on any atom is -0.323 e. The van der Waals surface area contributed by atoms with E-state index in [4.69, 9.17) is 5.73 Å². The molecule has 2 N–H and O–H groups in total. The lowest BCUT2D eigenvalue weighted by atomic mass is 9.84. The molecule has 2 aromatic rings. The molecule has 0 bridgehead atoms. The first-order valence-corrected chi connectivity index (χ1v) is 7.66. The molecule has 0 spiro atoms. The summed E-state index contributed by atoms with van der Waals surface area (Å²) in [7, 11) is 0. The van der Waals surface area contributed by atoms with Crippen molar-refractivity contribution < 1.29 is 0 Å². The van der Waals surface area contributed by atoms with Gasteiger partial charge in [-0.15, -0.1) is 0 Å². The molecule has 0 aromatic heterocycles. The predicted octanol–water partition coefficient (Wildman–Crippen LogP) is 4.37. The van der Waals surface area contributed by atoms with Gasteiger partial charge >= 0.3 is 0 Å². The Bertz CT molecular complexity index is 569. The van der Waals surface area contributed by atoms with Crippen LogP contribution in [0.5, 0.6) is 0 Å². The van der Waals surface area contributed by atoms with Crippen LogP contribution in [0.3, 0.4) is 0 Å². The van der Waals surface area contributed by atoms with Crippen molar-refractivity contribution in [3.8, 4) is 0 Å². The highest BCUT2D eigenvalue weighted by Crippen LogP contribution is 2.55. The second kappa shape index (κ2) is 5.41. The lowest BCUT2D eigenvalue weighted by Gasteiger charge is -2.25. The molecule has 0 saturated heterocycles. The van der Waals surface area contributed by atoms with Gasteiger partial charge in [0.15, 0.2) is 0 Å². The van der Waals surface area contributed by atoms with E-state index >= 15 is 0 Å². The predicted molar refractivity (Wildman–Crippen MR) is 84.7 cm³/mol. The zero-order valence-electron chi connectivity index (χ0n) is 12.2. The fourth-order valence-corrected chi connectivity index (χ4v) is 3.23. The highest BCUT2D eigenvalue weighted by atomic mass is 14.7. The molecule has 104 valence electrons. The van der Waals surface area contributed by atoms with Crippen LogP contribution >= 0.6 is 0 Å². The highest BCUT2D eigenvalue weighted by Gasteiger charge is 2.49. The first kappa shape index (κ1) is 13.4. The standard InChI is InChI=1S/C19H23N/c1-2-7-15-8-6-9-16(14-15)18(20)19(12-13-19)17-10-4-3-5-11-17/h3-6,8-11,14,18H,2,7,12-13,20H2,1H3. The molecule has 0 amide bonds. The molecule has 1 aliphatic rings. The van der Waals surface area contributed by atoms with Crippen LogP contribution < -0.4 is 5.73 Å². The van der Waals surface area contributed by atoms with Crippen LogP contribution in [-0.4, -0.2) is 0 Å². The van der Waals surface area contributed by atoms with Crippen molar-refractivity contribution in [2.45, 2.75) is 44.1 Å². The zero-order chi connectivity index (χ0) is 14.0. The van der Waals surface area contributed by atoms with E-state index < -0.39 is 0 Å². The largest absolute Gasteiger partial charge is 0.323 e. The van der Waals surface area contributed by atoms with Gasteiger partial charge in [0, 0.05) is 11.5 Å². The summed E-state index contributed by atoms with van der Waals surface area (Å²) in [6.07, 6.45) is 4.73. The summed E-state index contributed by atoms with van der Waals surface area (Å²) in [6, 6.07) is 19.7. The van der Waals surface area contributed by atoms with E-state index in [9.17, 15) is 0 Å². The molecule has 1 aliphatic carbocycles. The van der Waals surface area contributed by atoms with Crippen molar-refractivity contribution in [3.63, 3.8) is 0 Å². The molecule has 1 saturated carbocycles. The topological polar surface area (TPSA) is 26.0 Å². The summed E-state index contributed by atoms with van der Waals surface area (Å²) in [5.74, 6) is 0. The summed E-state index contributed by atoms with van der Waals surface area (Å²) >= 11 is 0. The van der Waals surface area contributed by atoms with Crippen LogP contribution in [0, 0.1) is 0 Å². The normalized spacial score (nSPS) is 17.7. The molecule has 0 aliphatic heterocycles. The van der Waals surface area contributed by atoms with E-state index in [1.54, 1.807) is 0 Å². The zero-order valence-corrected chi connectivity index (χ0v) is 12.2.